The third-order valence-corrected chi connectivity index (χ3v) is 4.95. The van der Waals surface area contributed by atoms with Crippen LogP contribution in [0.3, 0.4) is 0 Å². The summed E-state index contributed by atoms with van der Waals surface area (Å²) in [6, 6.07) is 25.7. The van der Waals surface area contributed by atoms with Gasteiger partial charge in [-0.1, -0.05) is 79.7 Å². The molecule has 4 rings (SSSR count). The van der Waals surface area contributed by atoms with Crippen molar-refractivity contribution in [2.24, 2.45) is 0 Å². The Morgan fingerprint density at radius 1 is 0.889 bits per heavy atom. The highest BCUT2D eigenvalue weighted by molar-refractivity contribution is 5.85. The molecule has 0 aliphatic carbocycles. The minimum atomic E-state index is -0.204. The van der Waals surface area contributed by atoms with Crippen molar-refractivity contribution in [2.75, 3.05) is 0 Å². The van der Waals surface area contributed by atoms with Crippen molar-refractivity contribution in [3.63, 3.8) is 0 Å². The number of para-hydroxylation sites is 1. The average molecular weight is 355 g/mol. The zero-order chi connectivity index (χ0) is 18.6. The molecule has 0 bridgehead atoms. The Bertz CT molecular complexity index is 1060. The van der Waals surface area contributed by atoms with Crippen LogP contribution in [0.25, 0.3) is 17.0 Å². The SMILES string of the molecule is C[C@@H](/C=C/c1ccc(F)cc1)c1cn(Cc2ccccc2)c2ccccc12. The van der Waals surface area contributed by atoms with Crippen LogP contribution >= 0.6 is 0 Å². The Kier molecular flexibility index (Phi) is 4.88. The zero-order valence-electron chi connectivity index (χ0n) is 15.3. The Hall–Kier alpha value is -3.13. The van der Waals surface area contributed by atoms with Crippen molar-refractivity contribution in [3.05, 3.63) is 114 Å². The lowest BCUT2D eigenvalue weighted by molar-refractivity contribution is 0.628. The maximum atomic E-state index is 13.1. The van der Waals surface area contributed by atoms with Crippen LogP contribution in [-0.2, 0) is 6.54 Å². The fourth-order valence-electron chi connectivity index (χ4n) is 3.48. The van der Waals surface area contributed by atoms with Gasteiger partial charge in [0.25, 0.3) is 0 Å². The van der Waals surface area contributed by atoms with E-state index in [1.165, 1.54) is 34.2 Å². The highest BCUT2D eigenvalue weighted by Crippen LogP contribution is 2.29. The van der Waals surface area contributed by atoms with Crippen molar-refractivity contribution in [3.8, 4) is 0 Å². The molecule has 1 nitrogen and oxygen atoms in total. The number of benzene rings is 3. The summed E-state index contributed by atoms with van der Waals surface area (Å²) in [5, 5.41) is 1.28. The summed E-state index contributed by atoms with van der Waals surface area (Å²) in [4.78, 5) is 0. The monoisotopic (exact) mass is 355 g/mol. The quantitative estimate of drug-likeness (QED) is 0.378. The van der Waals surface area contributed by atoms with Gasteiger partial charge in [-0.2, -0.15) is 0 Å². The largest absolute Gasteiger partial charge is 0.343 e. The molecule has 0 N–H and O–H groups in total. The van der Waals surface area contributed by atoms with Gasteiger partial charge in [-0.25, -0.2) is 4.39 Å². The highest BCUT2D eigenvalue weighted by atomic mass is 19.1. The summed E-state index contributed by atoms with van der Waals surface area (Å²) >= 11 is 0. The van der Waals surface area contributed by atoms with E-state index in [2.05, 4.69) is 78.4 Å². The molecule has 1 aromatic heterocycles. The van der Waals surface area contributed by atoms with Gasteiger partial charge in [-0.3, -0.25) is 0 Å². The summed E-state index contributed by atoms with van der Waals surface area (Å²) in [5.41, 5.74) is 4.86. The number of aromatic nitrogens is 1. The molecule has 0 fully saturated rings. The number of rotatable bonds is 5. The Morgan fingerprint density at radius 3 is 2.37 bits per heavy atom. The van der Waals surface area contributed by atoms with Gasteiger partial charge in [-0.05, 0) is 34.9 Å². The molecule has 0 unspecified atom stereocenters. The second-order valence-corrected chi connectivity index (χ2v) is 6.91. The second kappa shape index (κ2) is 7.63. The summed E-state index contributed by atoms with van der Waals surface area (Å²) in [5.74, 6) is 0.0566. The summed E-state index contributed by atoms with van der Waals surface area (Å²) in [6.07, 6.45) is 6.51. The number of halogens is 1. The summed E-state index contributed by atoms with van der Waals surface area (Å²) < 4.78 is 15.4. The molecule has 1 heterocycles. The maximum Gasteiger partial charge on any atom is 0.123 e. The molecular formula is C25H22FN. The fourth-order valence-corrected chi connectivity index (χ4v) is 3.48. The lowest BCUT2D eigenvalue weighted by Crippen LogP contribution is -1.97. The minimum absolute atomic E-state index is 0.204. The van der Waals surface area contributed by atoms with E-state index in [1.807, 2.05) is 6.07 Å². The molecule has 0 aliphatic rings. The summed E-state index contributed by atoms with van der Waals surface area (Å²) in [6.45, 7) is 3.06. The van der Waals surface area contributed by atoms with Crippen LogP contribution in [0.1, 0.15) is 29.5 Å². The normalized spacial score (nSPS) is 12.7. The molecule has 2 heteroatoms. The molecule has 0 radical (unpaired) electrons. The smallest absolute Gasteiger partial charge is 0.123 e. The van der Waals surface area contributed by atoms with Gasteiger partial charge in [0.2, 0.25) is 0 Å². The third kappa shape index (κ3) is 3.85. The van der Waals surface area contributed by atoms with Gasteiger partial charge in [0, 0.05) is 29.6 Å². The van der Waals surface area contributed by atoms with E-state index < -0.39 is 0 Å². The molecule has 4 aromatic rings. The van der Waals surface area contributed by atoms with E-state index in [0.717, 1.165) is 12.1 Å². The first kappa shape index (κ1) is 17.3. The first-order valence-corrected chi connectivity index (χ1v) is 9.26. The molecule has 27 heavy (non-hydrogen) atoms. The van der Waals surface area contributed by atoms with Gasteiger partial charge in [-0.15, -0.1) is 0 Å². The number of nitrogens with zero attached hydrogens (tertiary/aromatic N) is 1. The van der Waals surface area contributed by atoms with Crippen LogP contribution < -0.4 is 0 Å². The number of hydrogen-bond donors (Lipinski definition) is 0. The Balaban J connectivity index is 1.66. The number of allylic oxidation sites excluding steroid dienone is 1. The predicted octanol–water partition coefficient (Wildman–Crippen LogP) is 6.65. The van der Waals surface area contributed by atoms with Crippen molar-refractivity contribution in [1.29, 1.82) is 0 Å². The molecular weight excluding hydrogens is 333 g/mol. The van der Waals surface area contributed by atoms with Crippen LogP contribution in [0.5, 0.6) is 0 Å². The van der Waals surface area contributed by atoms with E-state index in [9.17, 15) is 4.39 Å². The zero-order valence-corrected chi connectivity index (χ0v) is 15.3. The number of fused-ring (bicyclic) bond motifs is 1. The van der Waals surface area contributed by atoms with Gasteiger partial charge < -0.3 is 4.57 Å². The first-order valence-electron chi connectivity index (χ1n) is 9.26. The maximum absolute atomic E-state index is 13.1. The van der Waals surface area contributed by atoms with Gasteiger partial charge in [0.05, 0.1) is 0 Å². The highest BCUT2D eigenvalue weighted by Gasteiger charge is 2.12. The molecule has 0 saturated heterocycles. The molecule has 0 spiro atoms. The third-order valence-electron chi connectivity index (χ3n) is 4.95. The van der Waals surface area contributed by atoms with Crippen LogP contribution in [-0.4, -0.2) is 4.57 Å². The molecule has 3 aromatic carbocycles. The van der Waals surface area contributed by atoms with E-state index in [0.29, 0.717) is 0 Å². The fraction of sp³-hybridized carbons (Fsp3) is 0.120. The van der Waals surface area contributed by atoms with Crippen LogP contribution in [0, 0.1) is 5.82 Å². The Morgan fingerprint density at radius 2 is 1.59 bits per heavy atom. The minimum Gasteiger partial charge on any atom is -0.343 e. The van der Waals surface area contributed by atoms with Crippen LogP contribution in [0.2, 0.25) is 0 Å². The first-order chi connectivity index (χ1) is 13.2. The Labute approximate surface area is 159 Å². The van der Waals surface area contributed by atoms with Crippen molar-refractivity contribution in [1.82, 2.24) is 4.57 Å². The molecule has 1 atom stereocenters. The van der Waals surface area contributed by atoms with Gasteiger partial charge >= 0.3 is 0 Å². The van der Waals surface area contributed by atoms with Crippen LogP contribution in [0.4, 0.5) is 4.39 Å². The molecule has 0 saturated carbocycles. The van der Waals surface area contributed by atoms with E-state index in [-0.39, 0.29) is 11.7 Å². The number of hydrogen-bond acceptors (Lipinski definition) is 0. The predicted molar refractivity (Wildman–Crippen MR) is 111 cm³/mol. The second-order valence-electron chi connectivity index (χ2n) is 6.91. The molecule has 134 valence electrons. The van der Waals surface area contributed by atoms with E-state index in [4.69, 9.17) is 0 Å². The molecule has 0 aliphatic heterocycles. The van der Waals surface area contributed by atoms with Crippen LogP contribution in [0.15, 0.2) is 91.1 Å². The standard InChI is InChI=1S/C25H22FN/c1-19(11-12-20-13-15-22(26)16-14-20)24-18-27(17-21-7-3-2-4-8-21)25-10-6-5-9-23(24)25/h2-16,18-19H,17H2,1H3/b12-11+/t19-/m0/s1. The van der Waals surface area contributed by atoms with Crippen molar-refractivity contribution < 1.29 is 4.39 Å². The molecule has 0 amide bonds. The lowest BCUT2D eigenvalue weighted by atomic mass is 9.99. The van der Waals surface area contributed by atoms with E-state index >= 15 is 0 Å². The average Bonchev–Trinajstić information content (AvgIpc) is 3.07. The van der Waals surface area contributed by atoms with Crippen molar-refractivity contribution >= 4 is 17.0 Å². The lowest BCUT2D eigenvalue weighted by Gasteiger charge is -2.05. The van der Waals surface area contributed by atoms with Crippen molar-refractivity contribution in [2.45, 2.75) is 19.4 Å². The van der Waals surface area contributed by atoms with E-state index in [1.54, 1.807) is 12.1 Å². The topological polar surface area (TPSA) is 4.93 Å². The van der Waals surface area contributed by atoms with Gasteiger partial charge in [0.15, 0.2) is 0 Å². The van der Waals surface area contributed by atoms with Gasteiger partial charge in [0.1, 0.15) is 5.82 Å². The summed E-state index contributed by atoms with van der Waals surface area (Å²) in [7, 11) is 0.